The van der Waals surface area contributed by atoms with Gasteiger partial charge in [0.25, 0.3) is 0 Å². The molecule has 1 heterocycles. The average Bonchev–Trinajstić information content (AvgIpc) is 2.54. The lowest BCUT2D eigenvalue weighted by atomic mass is 10.2. The zero-order valence-corrected chi connectivity index (χ0v) is 14.1. The molecular weight excluding hydrogens is 324 g/mol. The zero-order chi connectivity index (χ0) is 16.2. The van der Waals surface area contributed by atoms with Gasteiger partial charge in [0.2, 0.25) is 20.0 Å². The Morgan fingerprint density at radius 1 is 0.955 bits per heavy atom. The van der Waals surface area contributed by atoms with Crippen molar-refractivity contribution in [3.8, 4) is 0 Å². The van der Waals surface area contributed by atoms with Crippen molar-refractivity contribution >= 4 is 26.1 Å². The number of piperazine rings is 1. The summed E-state index contributed by atoms with van der Waals surface area (Å²) in [5, 5.41) is 1.17. The van der Waals surface area contributed by atoms with Gasteiger partial charge in [0, 0.05) is 31.6 Å². The van der Waals surface area contributed by atoms with Gasteiger partial charge in [-0.05, 0) is 18.6 Å². The molecule has 1 saturated heterocycles. The summed E-state index contributed by atoms with van der Waals surface area (Å²) < 4.78 is 50.7. The van der Waals surface area contributed by atoms with E-state index < -0.39 is 20.0 Å². The summed E-state index contributed by atoms with van der Waals surface area (Å²) in [6, 6.07) is 9.16. The van der Waals surface area contributed by atoms with E-state index in [9.17, 15) is 16.8 Å². The predicted octanol–water partition coefficient (Wildman–Crippen LogP) is 0.954. The lowest BCUT2D eigenvalue weighted by molar-refractivity contribution is 0.275. The molecule has 0 amide bonds. The van der Waals surface area contributed by atoms with E-state index in [1.807, 2.05) is 30.3 Å². The molecule has 0 radical (unpaired) electrons. The third-order valence-corrected chi connectivity index (χ3v) is 6.99. The molecule has 1 aliphatic rings. The van der Waals surface area contributed by atoms with Gasteiger partial charge in [-0.15, -0.1) is 0 Å². The Morgan fingerprint density at radius 3 is 2.05 bits per heavy atom. The van der Waals surface area contributed by atoms with Crippen molar-refractivity contribution in [2.24, 2.45) is 0 Å². The van der Waals surface area contributed by atoms with E-state index >= 15 is 0 Å². The van der Waals surface area contributed by atoms with Crippen LogP contribution >= 0.6 is 0 Å². The Balaban J connectivity index is 2.02. The van der Waals surface area contributed by atoms with Crippen LogP contribution in [0.25, 0.3) is 6.08 Å². The van der Waals surface area contributed by atoms with Gasteiger partial charge in [-0.25, -0.2) is 16.8 Å². The maximum atomic E-state index is 12.3. The van der Waals surface area contributed by atoms with E-state index in [-0.39, 0.29) is 31.9 Å². The summed E-state index contributed by atoms with van der Waals surface area (Å²) in [5.41, 5.74) is 0.804. The topological polar surface area (TPSA) is 74.8 Å². The van der Waals surface area contributed by atoms with Gasteiger partial charge in [-0.3, -0.25) is 0 Å². The first-order chi connectivity index (χ1) is 10.3. The molecule has 6 nitrogen and oxygen atoms in total. The van der Waals surface area contributed by atoms with Gasteiger partial charge < -0.3 is 0 Å². The summed E-state index contributed by atoms with van der Waals surface area (Å²) in [4.78, 5) is 0. The van der Waals surface area contributed by atoms with Crippen LogP contribution in [0, 0.1) is 0 Å². The standard InChI is InChI=1S/C14H20N2O4S2/c1-2-21(17,18)15-9-11-16(12-10-15)22(19,20)13-8-14-6-4-3-5-7-14/h3-8,13H,2,9-12H2,1H3/b13-8+. The number of rotatable bonds is 5. The summed E-state index contributed by atoms with van der Waals surface area (Å²) in [7, 11) is -6.78. The minimum atomic E-state index is -3.53. The van der Waals surface area contributed by atoms with E-state index in [2.05, 4.69) is 0 Å². The van der Waals surface area contributed by atoms with Crippen molar-refractivity contribution in [1.82, 2.24) is 8.61 Å². The van der Waals surface area contributed by atoms with Crippen LogP contribution in [0.3, 0.4) is 0 Å². The van der Waals surface area contributed by atoms with E-state index in [0.717, 1.165) is 5.56 Å². The Hall–Kier alpha value is -1.22. The SMILES string of the molecule is CCS(=O)(=O)N1CCN(S(=O)(=O)/C=C/c2ccccc2)CC1. The van der Waals surface area contributed by atoms with Crippen LogP contribution in [-0.2, 0) is 20.0 Å². The molecule has 0 aromatic heterocycles. The maximum Gasteiger partial charge on any atom is 0.236 e. The molecule has 0 bridgehead atoms. The van der Waals surface area contributed by atoms with Gasteiger partial charge in [0.1, 0.15) is 0 Å². The van der Waals surface area contributed by atoms with Crippen molar-refractivity contribution in [3.05, 3.63) is 41.3 Å². The van der Waals surface area contributed by atoms with Crippen molar-refractivity contribution in [3.63, 3.8) is 0 Å². The quantitative estimate of drug-likeness (QED) is 0.797. The molecule has 0 N–H and O–H groups in total. The molecule has 1 aromatic rings. The first-order valence-electron chi connectivity index (χ1n) is 7.06. The third kappa shape index (κ3) is 4.16. The molecule has 122 valence electrons. The van der Waals surface area contributed by atoms with E-state index in [0.29, 0.717) is 0 Å². The Bertz CT molecular complexity index is 719. The maximum absolute atomic E-state index is 12.3. The van der Waals surface area contributed by atoms with Crippen molar-refractivity contribution in [1.29, 1.82) is 0 Å². The second kappa shape index (κ2) is 6.91. The Labute approximate surface area is 132 Å². The van der Waals surface area contributed by atoms with E-state index in [1.54, 1.807) is 13.0 Å². The van der Waals surface area contributed by atoms with Crippen LogP contribution in [0.1, 0.15) is 12.5 Å². The molecule has 0 aliphatic carbocycles. The second-order valence-electron chi connectivity index (χ2n) is 4.96. The van der Waals surface area contributed by atoms with Gasteiger partial charge in [0.15, 0.2) is 0 Å². The van der Waals surface area contributed by atoms with E-state index in [4.69, 9.17) is 0 Å². The van der Waals surface area contributed by atoms with Crippen molar-refractivity contribution in [2.45, 2.75) is 6.92 Å². The second-order valence-corrected chi connectivity index (χ2v) is 9.03. The minimum Gasteiger partial charge on any atom is -0.212 e. The van der Waals surface area contributed by atoms with Gasteiger partial charge in [0.05, 0.1) is 5.75 Å². The Kier molecular flexibility index (Phi) is 5.38. The first kappa shape index (κ1) is 17.1. The van der Waals surface area contributed by atoms with Gasteiger partial charge in [-0.2, -0.15) is 8.61 Å². The molecule has 0 unspecified atom stereocenters. The fourth-order valence-electron chi connectivity index (χ4n) is 2.20. The molecule has 0 spiro atoms. The van der Waals surface area contributed by atoms with Crippen LogP contribution in [-0.4, -0.2) is 57.4 Å². The number of sulfonamides is 2. The summed E-state index contributed by atoms with van der Waals surface area (Å²) in [5.74, 6) is 0.0354. The fourth-order valence-corrected chi connectivity index (χ4v) is 4.46. The van der Waals surface area contributed by atoms with Gasteiger partial charge in [-0.1, -0.05) is 30.3 Å². The number of benzene rings is 1. The molecule has 1 aromatic carbocycles. The average molecular weight is 344 g/mol. The molecule has 22 heavy (non-hydrogen) atoms. The Morgan fingerprint density at radius 2 is 1.50 bits per heavy atom. The molecule has 0 saturated carbocycles. The molecule has 0 atom stereocenters. The summed E-state index contributed by atoms with van der Waals surface area (Å²) in [6.07, 6.45) is 1.55. The molecule has 1 aliphatic heterocycles. The lowest BCUT2D eigenvalue weighted by Gasteiger charge is -2.32. The predicted molar refractivity (Wildman–Crippen MR) is 87.0 cm³/mol. The van der Waals surface area contributed by atoms with Crippen molar-refractivity contribution in [2.75, 3.05) is 31.9 Å². The van der Waals surface area contributed by atoms with Crippen LogP contribution < -0.4 is 0 Å². The molecule has 8 heteroatoms. The summed E-state index contributed by atoms with van der Waals surface area (Å²) in [6.45, 7) is 2.35. The molecule has 1 fully saturated rings. The van der Waals surface area contributed by atoms with Crippen LogP contribution in [0.15, 0.2) is 35.7 Å². The molecule has 2 rings (SSSR count). The zero-order valence-electron chi connectivity index (χ0n) is 12.4. The third-order valence-electron chi connectivity index (χ3n) is 3.55. The van der Waals surface area contributed by atoms with Crippen molar-refractivity contribution < 1.29 is 16.8 Å². The van der Waals surface area contributed by atoms with Crippen LogP contribution in [0.2, 0.25) is 0 Å². The highest BCUT2D eigenvalue weighted by atomic mass is 32.2. The number of hydrogen-bond donors (Lipinski definition) is 0. The number of hydrogen-bond acceptors (Lipinski definition) is 4. The summed E-state index contributed by atoms with van der Waals surface area (Å²) >= 11 is 0. The van der Waals surface area contributed by atoms with E-state index in [1.165, 1.54) is 14.0 Å². The highest BCUT2D eigenvalue weighted by Crippen LogP contribution is 2.13. The highest BCUT2D eigenvalue weighted by Gasteiger charge is 2.29. The first-order valence-corrected chi connectivity index (χ1v) is 10.2. The highest BCUT2D eigenvalue weighted by molar-refractivity contribution is 7.92. The smallest absolute Gasteiger partial charge is 0.212 e. The normalized spacial score (nSPS) is 18.8. The number of nitrogens with zero attached hydrogens (tertiary/aromatic N) is 2. The van der Waals surface area contributed by atoms with Crippen LogP contribution in [0.5, 0.6) is 0 Å². The van der Waals surface area contributed by atoms with Crippen LogP contribution in [0.4, 0.5) is 0 Å². The lowest BCUT2D eigenvalue weighted by Crippen LogP contribution is -2.50. The fraction of sp³-hybridized carbons (Fsp3) is 0.429. The largest absolute Gasteiger partial charge is 0.236 e. The monoisotopic (exact) mass is 344 g/mol. The molecular formula is C14H20N2O4S2. The van der Waals surface area contributed by atoms with Gasteiger partial charge >= 0.3 is 0 Å². The minimum absolute atomic E-state index is 0.0354.